The summed E-state index contributed by atoms with van der Waals surface area (Å²) in [5.74, 6) is 0. The minimum Gasteiger partial charge on any atom is -0.390 e. The van der Waals surface area contributed by atoms with Crippen LogP contribution < -0.4 is 20.3 Å². The Labute approximate surface area is 320 Å². The standard InChI is InChI=1S/C23H22Cl2N2O3S.C17H19ClN2O/c24-18-9-11-21(12-10-18)31(29,30)26-14-20(28)15-27-22-4-2-1-3-16(22)5-6-17-7-8-19(25)13-23(17)27;18-14-8-7-13-6-5-12-3-1-2-4-16(12)20(17(13)9-14)11-15(21)10-19/h1-4,7-13,20,26,28H,5-6,14-15H2;1-4,7-9,15,21H,5-6,10-11,19H2. The quantitative estimate of drug-likeness (QED) is 0.123. The van der Waals surface area contributed by atoms with Crippen LogP contribution in [0.4, 0.5) is 22.7 Å². The van der Waals surface area contributed by atoms with Crippen LogP contribution in [0.5, 0.6) is 0 Å². The Bertz CT molecular complexity index is 2120. The second-order valence-electron chi connectivity index (χ2n) is 12.9. The highest BCUT2D eigenvalue weighted by molar-refractivity contribution is 7.89. The van der Waals surface area contributed by atoms with E-state index in [4.69, 9.17) is 40.5 Å². The van der Waals surface area contributed by atoms with Crippen molar-refractivity contribution in [3.63, 3.8) is 0 Å². The Morgan fingerprint density at radius 2 is 1.02 bits per heavy atom. The largest absolute Gasteiger partial charge is 0.390 e. The molecule has 5 N–H and O–H groups in total. The van der Waals surface area contributed by atoms with Crippen molar-refractivity contribution in [2.75, 3.05) is 36.0 Å². The van der Waals surface area contributed by atoms with Gasteiger partial charge in [0.15, 0.2) is 0 Å². The third-order valence-electron chi connectivity index (χ3n) is 9.26. The van der Waals surface area contributed by atoms with Crippen molar-refractivity contribution in [1.29, 1.82) is 0 Å². The monoisotopic (exact) mass is 778 g/mol. The number of hydrogen-bond donors (Lipinski definition) is 4. The van der Waals surface area contributed by atoms with Crippen LogP contribution in [0, 0.1) is 0 Å². The summed E-state index contributed by atoms with van der Waals surface area (Å²) >= 11 is 18.3. The van der Waals surface area contributed by atoms with Crippen LogP contribution in [0.25, 0.3) is 0 Å². The number of aliphatic hydroxyl groups is 2. The molecule has 52 heavy (non-hydrogen) atoms. The van der Waals surface area contributed by atoms with Gasteiger partial charge in [-0.3, -0.25) is 0 Å². The smallest absolute Gasteiger partial charge is 0.240 e. The number of sulfonamides is 1. The molecule has 0 saturated heterocycles. The van der Waals surface area contributed by atoms with E-state index in [1.807, 2.05) is 59.5 Å². The Morgan fingerprint density at radius 3 is 1.50 bits per heavy atom. The van der Waals surface area contributed by atoms with Gasteiger partial charge in [-0.2, -0.15) is 0 Å². The number of aryl methyl sites for hydroxylation is 4. The molecule has 0 spiro atoms. The fourth-order valence-electron chi connectivity index (χ4n) is 6.63. The molecule has 0 saturated carbocycles. The molecule has 2 aliphatic heterocycles. The van der Waals surface area contributed by atoms with Gasteiger partial charge in [-0.15, -0.1) is 0 Å². The molecule has 272 valence electrons. The predicted octanol–water partition coefficient (Wildman–Crippen LogP) is 7.47. The molecule has 0 amide bonds. The van der Waals surface area contributed by atoms with E-state index in [2.05, 4.69) is 40.0 Å². The molecule has 5 aromatic carbocycles. The third-order valence-corrected chi connectivity index (χ3v) is 11.4. The molecule has 7 rings (SSSR count). The van der Waals surface area contributed by atoms with Crippen LogP contribution in [-0.2, 0) is 35.7 Å². The van der Waals surface area contributed by atoms with Gasteiger partial charge in [0.2, 0.25) is 10.0 Å². The van der Waals surface area contributed by atoms with Crippen LogP contribution >= 0.6 is 34.8 Å². The van der Waals surface area contributed by atoms with Gasteiger partial charge in [0.1, 0.15) is 0 Å². The number of rotatable bonds is 9. The van der Waals surface area contributed by atoms with Gasteiger partial charge in [-0.1, -0.05) is 83.3 Å². The van der Waals surface area contributed by atoms with Crippen molar-refractivity contribution in [2.24, 2.45) is 5.73 Å². The van der Waals surface area contributed by atoms with E-state index in [1.165, 1.54) is 41.0 Å². The maximum atomic E-state index is 12.5. The highest BCUT2D eigenvalue weighted by atomic mass is 35.5. The molecule has 0 fully saturated rings. The first-order chi connectivity index (χ1) is 25.0. The van der Waals surface area contributed by atoms with Gasteiger partial charge < -0.3 is 25.7 Å². The molecule has 0 aromatic heterocycles. The predicted molar refractivity (Wildman–Crippen MR) is 212 cm³/mol. The number of hydrogen-bond acceptors (Lipinski definition) is 7. The van der Waals surface area contributed by atoms with Crippen LogP contribution in [0.1, 0.15) is 22.3 Å². The maximum absolute atomic E-state index is 12.5. The molecule has 8 nitrogen and oxygen atoms in total. The average molecular weight is 780 g/mol. The number of nitrogens with zero attached hydrogens (tertiary/aromatic N) is 2. The molecular weight excluding hydrogens is 739 g/mol. The molecule has 5 aromatic rings. The van der Waals surface area contributed by atoms with E-state index < -0.39 is 22.2 Å². The normalized spacial score (nSPS) is 14.7. The highest BCUT2D eigenvalue weighted by Gasteiger charge is 2.25. The van der Waals surface area contributed by atoms with E-state index in [0.29, 0.717) is 21.6 Å². The number of nitrogens with one attached hydrogen (secondary N) is 1. The molecule has 2 atom stereocenters. The summed E-state index contributed by atoms with van der Waals surface area (Å²) in [7, 11) is -3.76. The summed E-state index contributed by atoms with van der Waals surface area (Å²) in [6, 6.07) is 34.0. The van der Waals surface area contributed by atoms with E-state index in [9.17, 15) is 18.6 Å². The Kier molecular flexibility index (Phi) is 12.5. The zero-order valence-corrected chi connectivity index (χ0v) is 31.5. The van der Waals surface area contributed by atoms with Crippen molar-refractivity contribution in [2.45, 2.75) is 42.8 Å². The zero-order chi connectivity index (χ0) is 36.8. The summed E-state index contributed by atoms with van der Waals surface area (Å²) in [6.07, 6.45) is 2.18. The van der Waals surface area contributed by atoms with Crippen LogP contribution in [-0.4, -0.2) is 57.0 Å². The number of para-hydroxylation sites is 2. The second-order valence-corrected chi connectivity index (χ2v) is 16.0. The van der Waals surface area contributed by atoms with Gasteiger partial charge in [0, 0.05) is 50.9 Å². The van der Waals surface area contributed by atoms with Gasteiger partial charge in [0.25, 0.3) is 0 Å². The number of fused-ring (bicyclic) bond motifs is 4. The summed E-state index contributed by atoms with van der Waals surface area (Å²) in [4.78, 5) is 4.26. The van der Waals surface area contributed by atoms with Gasteiger partial charge in [-0.05, 0) is 109 Å². The molecule has 2 heterocycles. The fourth-order valence-corrected chi connectivity index (χ4v) is 8.16. The van der Waals surface area contributed by atoms with Gasteiger partial charge in [-0.25, -0.2) is 13.1 Å². The van der Waals surface area contributed by atoms with Crippen molar-refractivity contribution in [3.05, 3.63) is 147 Å². The lowest BCUT2D eigenvalue weighted by Crippen LogP contribution is -2.39. The Morgan fingerprint density at radius 1 is 0.596 bits per heavy atom. The van der Waals surface area contributed by atoms with Crippen molar-refractivity contribution < 1.29 is 18.6 Å². The van der Waals surface area contributed by atoms with E-state index in [-0.39, 0.29) is 24.5 Å². The molecule has 2 unspecified atom stereocenters. The van der Waals surface area contributed by atoms with E-state index >= 15 is 0 Å². The first kappa shape index (κ1) is 38.1. The van der Waals surface area contributed by atoms with E-state index in [0.717, 1.165) is 54.0 Å². The van der Waals surface area contributed by atoms with Crippen LogP contribution in [0.3, 0.4) is 0 Å². The topological polar surface area (TPSA) is 119 Å². The summed E-state index contributed by atoms with van der Waals surface area (Å²) < 4.78 is 27.6. The van der Waals surface area contributed by atoms with Crippen molar-refractivity contribution in [1.82, 2.24) is 4.72 Å². The fraction of sp³-hybridized carbons (Fsp3) is 0.250. The lowest BCUT2D eigenvalue weighted by molar-refractivity contribution is 0.186. The second kappa shape index (κ2) is 17.0. The minimum absolute atomic E-state index is 0.0985. The van der Waals surface area contributed by atoms with Crippen molar-refractivity contribution in [3.8, 4) is 0 Å². The summed E-state index contributed by atoms with van der Waals surface area (Å²) in [5.41, 5.74) is 14.6. The summed E-state index contributed by atoms with van der Waals surface area (Å²) in [5, 5.41) is 22.5. The Hall–Kier alpha value is -3.64. The van der Waals surface area contributed by atoms with Gasteiger partial charge in [0.05, 0.1) is 30.2 Å². The molecular formula is C40H41Cl3N4O4S. The minimum atomic E-state index is -3.76. The third kappa shape index (κ3) is 9.10. The molecule has 12 heteroatoms. The SMILES string of the molecule is NCC(O)CN1c2ccccc2CCc2ccc(Cl)cc21.O=S(=O)(NCC(O)CN1c2ccccc2CCc2ccc(Cl)cc21)c1ccc(Cl)cc1. The van der Waals surface area contributed by atoms with E-state index in [1.54, 1.807) is 0 Å². The molecule has 0 aliphatic carbocycles. The number of anilines is 4. The van der Waals surface area contributed by atoms with Crippen LogP contribution in [0.15, 0.2) is 114 Å². The number of β-amino-alcohol motifs (C(OH)–C–C–N with tert-alkyl or cyclic N) is 2. The number of nitrogens with two attached hydrogens (primary N) is 1. The lowest BCUT2D eigenvalue weighted by Gasteiger charge is -2.29. The first-order valence-corrected chi connectivity index (χ1v) is 19.7. The van der Waals surface area contributed by atoms with Crippen LogP contribution in [0.2, 0.25) is 15.1 Å². The lowest BCUT2D eigenvalue weighted by atomic mass is 10.0. The highest BCUT2D eigenvalue weighted by Crippen LogP contribution is 2.39. The Balaban J connectivity index is 0.000000192. The zero-order valence-electron chi connectivity index (χ0n) is 28.4. The molecule has 2 aliphatic rings. The number of aliphatic hydroxyl groups excluding tert-OH is 2. The van der Waals surface area contributed by atoms with Crippen molar-refractivity contribution >= 4 is 67.6 Å². The summed E-state index contributed by atoms with van der Waals surface area (Å²) in [6.45, 7) is 0.808. The first-order valence-electron chi connectivity index (χ1n) is 17.1. The number of halogens is 3. The average Bonchev–Trinajstić information content (AvgIpc) is 3.39. The maximum Gasteiger partial charge on any atom is 0.240 e. The molecule has 0 bridgehead atoms. The molecule has 0 radical (unpaired) electrons. The van der Waals surface area contributed by atoms with Gasteiger partial charge >= 0.3 is 0 Å². The number of benzene rings is 5.